The number of amides is 1. The van der Waals surface area contributed by atoms with Gasteiger partial charge in [0.1, 0.15) is 11.5 Å². The number of ether oxygens (including phenoxy) is 1. The van der Waals surface area contributed by atoms with E-state index < -0.39 is 17.7 Å². The van der Waals surface area contributed by atoms with Crippen LogP contribution in [0.1, 0.15) is 42.1 Å². The highest BCUT2D eigenvalue weighted by molar-refractivity contribution is 6.46. The van der Waals surface area contributed by atoms with E-state index in [1.165, 1.54) is 4.90 Å². The van der Waals surface area contributed by atoms with E-state index in [9.17, 15) is 14.7 Å². The Labute approximate surface area is 210 Å². The van der Waals surface area contributed by atoms with Gasteiger partial charge in [-0.15, -0.1) is 0 Å². The quantitative estimate of drug-likeness (QED) is 0.240. The SMILES string of the molecule is Cc1cccc(C2/C(=C(/O)c3ccc(Cl)cc3)C(=O)C(=O)N2Cc2ccc(OCC(C)C)cc2)c1. The monoisotopic (exact) mass is 489 g/mol. The van der Waals surface area contributed by atoms with Crippen molar-refractivity contribution in [2.45, 2.75) is 33.4 Å². The molecule has 6 heteroatoms. The van der Waals surface area contributed by atoms with Crippen molar-refractivity contribution < 1.29 is 19.4 Å². The molecule has 1 unspecified atom stereocenters. The maximum Gasteiger partial charge on any atom is 0.295 e. The van der Waals surface area contributed by atoms with Crippen LogP contribution in [0.25, 0.3) is 5.76 Å². The number of ketones is 1. The lowest BCUT2D eigenvalue weighted by molar-refractivity contribution is -0.140. The number of nitrogens with zero attached hydrogens (tertiary/aromatic N) is 1. The Bertz CT molecular complexity index is 1260. The molecule has 0 aliphatic carbocycles. The van der Waals surface area contributed by atoms with Gasteiger partial charge < -0.3 is 14.7 Å². The molecule has 0 bridgehead atoms. The molecule has 1 aliphatic rings. The van der Waals surface area contributed by atoms with Crippen molar-refractivity contribution in [1.82, 2.24) is 4.90 Å². The first-order valence-electron chi connectivity index (χ1n) is 11.6. The predicted molar refractivity (Wildman–Crippen MR) is 137 cm³/mol. The molecule has 0 radical (unpaired) electrons. The zero-order valence-corrected chi connectivity index (χ0v) is 20.8. The molecular weight excluding hydrogens is 462 g/mol. The fraction of sp³-hybridized carbons (Fsp3) is 0.241. The summed E-state index contributed by atoms with van der Waals surface area (Å²) in [7, 11) is 0. The standard InChI is InChI=1S/C29H28ClNO4/c1-18(2)17-35-24-13-7-20(8-14-24)16-31-26(22-6-4-5-19(3)15-22)25(28(33)29(31)34)27(32)21-9-11-23(30)12-10-21/h4-15,18,26,32H,16-17H2,1-3H3/b27-25-. The summed E-state index contributed by atoms with van der Waals surface area (Å²) in [5.41, 5.74) is 3.10. The van der Waals surface area contributed by atoms with Crippen molar-refractivity contribution in [2.75, 3.05) is 6.61 Å². The normalized spacial score (nSPS) is 17.3. The number of hydrogen-bond acceptors (Lipinski definition) is 4. The van der Waals surface area contributed by atoms with Crippen molar-refractivity contribution >= 4 is 29.1 Å². The molecule has 35 heavy (non-hydrogen) atoms. The Morgan fingerprint density at radius 2 is 1.71 bits per heavy atom. The Balaban J connectivity index is 1.73. The largest absolute Gasteiger partial charge is 0.507 e. The smallest absolute Gasteiger partial charge is 0.295 e. The third kappa shape index (κ3) is 5.41. The number of halogens is 1. The number of carbonyl (C=O) groups is 2. The summed E-state index contributed by atoms with van der Waals surface area (Å²) in [5, 5.41) is 11.7. The Morgan fingerprint density at radius 3 is 2.34 bits per heavy atom. The van der Waals surface area contributed by atoms with E-state index in [4.69, 9.17) is 16.3 Å². The van der Waals surface area contributed by atoms with Gasteiger partial charge in [-0.3, -0.25) is 9.59 Å². The minimum Gasteiger partial charge on any atom is -0.507 e. The van der Waals surface area contributed by atoms with Gasteiger partial charge in [-0.2, -0.15) is 0 Å². The zero-order valence-electron chi connectivity index (χ0n) is 20.0. The van der Waals surface area contributed by atoms with E-state index in [0.717, 1.165) is 22.4 Å². The molecule has 3 aromatic rings. The van der Waals surface area contributed by atoms with Crippen molar-refractivity contribution in [2.24, 2.45) is 5.92 Å². The molecule has 4 rings (SSSR count). The number of aliphatic hydroxyl groups is 1. The fourth-order valence-corrected chi connectivity index (χ4v) is 4.27. The molecule has 0 spiro atoms. The molecule has 1 amide bonds. The van der Waals surface area contributed by atoms with E-state index >= 15 is 0 Å². The Hall–Kier alpha value is -3.57. The first kappa shape index (κ1) is 24.6. The van der Waals surface area contributed by atoms with Gasteiger partial charge in [0, 0.05) is 17.1 Å². The summed E-state index contributed by atoms with van der Waals surface area (Å²) in [6, 6.07) is 21.0. The minimum atomic E-state index is -0.720. The number of aliphatic hydroxyl groups excluding tert-OH is 1. The van der Waals surface area contributed by atoms with Crippen LogP contribution in [0, 0.1) is 12.8 Å². The first-order chi connectivity index (χ1) is 16.7. The lowest BCUT2D eigenvalue weighted by atomic mass is 9.94. The summed E-state index contributed by atoms with van der Waals surface area (Å²) in [5.74, 6) is -0.404. The van der Waals surface area contributed by atoms with Crippen LogP contribution in [-0.2, 0) is 16.1 Å². The molecule has 5 nitrogen and oxygen atoms in total. The molecule has 0 aromatic heterocycles. The molecule has 1 aliphatic heterocycles. The van der Waals surface area contributed by atoms with Crippen LogP contribution in [-0.4, -0.2) is 28.3 Å². The average molecular weight is 490 g/mol. The number of benzene rings is 3. The summed E-state index contributed by atoms with van der Waals surface area (Å²) < 4.78 is 5.76. The molecule has 1 fully saturated rings. The second-order valence-electron chi connectivity index (χ2n) is 9.20. The highest BCUT2D eigenvalue weighted by Gasteiger charge is 2.46. The highest BCUT2D eigenvalue weighted by Crippen LogP contribution is 2.40. The predicted octanol–water partition coefficient (Wildman–Crippen LogP) is 6.31. The van der Waals surface area contributed by atoms with Crippen LogP contribution in [0.2, 0.25) is 5.02 Å². The van der Waals surface area contributed by atoms with Crippen molar-refractivity contribution in [3.8, 4) is 5.75 Å². The maximum atomic E-state index is 13.2. The molecule has 3 aromatic carbocycles. The lowest BCUT2D eigenvalue weighted by Gasteiger charge is -2.26. The third-order valence-electron chi connectivity index (χ3n) is 5.88. The highest BCUT2D eigenvalue weighted by atomic mass is 35.5. The maximum absolute atomic E-state index is 13.2. The number of aryl methyl sites for hydroxylation is 1. The number of carbonyl (C=O) groups excluding carboxylic acids is 2. The van der Waals surface area contributed by atoms with Crippen LogP contribution in [0.5, 0.6) is 5.75 Å². The van der Waals surface area contributed by atoms with Gasteiger partial charge in [-0.1, -0.05) is 67.4 Å². The molecule has 1 N–H and O–H groups in total. The number of hydrogen-bond donors (Lipinski definition) is 1. The lowest BCUT2D eigenvalue weighted by Crippen LogP contribution is -2.29. The molecule has 1 atom stereocenters. The minimum absolute atomic E-state index is 0.0693. The first-order valence-corrected chi connectivity index (χ1v) is 11.9. The Morgan fingerprint density at radius 1 is 1.03 bits per heavy atom. The molecular formula is C29H28ClNO4. The average Bonchev–Trinajstić information content (AvgIpc) is 3.08. The summed E-state index contributed by atoms with van der Waals surface area (Å²) >= 11 is 5.99. The third-order valence-corrected chi connectivity index (χ3v) is 6.13. The van der Waals surface area contributed by atoms with Gasteiger partial charge in [0.15, 0.2) is 0 Å². The number of Topliss-reactive ketones (excluding diaryl/α,β-unsaturated/α-hetero) is 1. The Kier molecular flexibility index (Phi) is 7.27. The van der Waals surface area contributed by atoms with Gasteiger partial charge in [-0.25, -0.2) is 0 Å². The second kappa shape index (κ2) is 10.4. The van der Waals surface area contributed by atoms with Crippen LogP contribution in [0.3, 0.4) is 0 Å². The van der Waals surface area contributed by atoms with Crippen LogP contribution < -0.4 is 4.74 Å². The number of likely N-dealkylation sites (tertiary alicyclic amines) is 1. The number of rotatable bonds is 7. The molecule has 1 saturated heterocycles. The van der Waals surface area contributed by atoms with E-state index in [1.807, 2.05) is 55.5 Å². The van der Waals surface area contributed by atoms with Crippen LogP contribution in [0.4, 0.5) is 0 Å². The topological polar surface area (TPSA) is 66.8 Å². The van der Waals surface area contributed by atoms with Crippen LogP contribution in [0.15, 0.2) is 78.4 Å². The summed E-state index contributed by atoms with van der Waals surface area (Å²) in [6.07, 6.45) is 0. The molecule has 180 valence electrons. The zero-order chi connectivity index (χ0) is 25.1. The van der Waals surface area contributed by atoms with E-state index in [1.54, 1.807) is 24.3 Å². The van der Waals surface area contributed by atoms with Gasteiger partial charge >= 0.3 is 0 Å². The second-order valence-corrected chi connectivity index (χ2v) is 9.63. The van der Waals surface area contributed by atoms with Gasteiger partial charge in [-0.05, 0) is 60.4 Å². The molecule has 0 saturated carbocycles. The van der Waals surface area contributed by atoms with E-state index in [2.05, 4.69) is 13.8 Å². The van der Waals surface area contributed by atoms with Gasteiger partial charge in [0.05, 0.1) is 18.2 Å². The summed E-state index contributed by atoms with van der Waals surface area (Å²) in [4.78, 5) is 27.9. The van der Waals surface area contributed by atoms with Crippen LogP contribution >= 0.6 is 11.6 Å². The fourth-order valence-electron chi connectivity index (χ4n) is 4.14. The van der Waals surface area contributed by atoms with Crippen molar-refractivity contribution in [1.29, 1.82) is 0 Å². The van der Waals surface area contributed by atoms with E-state index in [-0.39, 0.29) is 17.9 Å². The van der Waals surface area contributed by atoms with Crippen molar-refractivity contribution in [3.63, 3.8) is 0 Å². The van der Waals surface area contributed by atoms with Crippen molar-refractivity contribution in [3.05, 3.63) is 106 Å². The molecule has 1 heterocycles. The summed E-state index contributed by atoms with van der Waals surface area (Å²) in [6.45, 7) is 6.95. The van der Waals surface area contributed by atoms with E-state index in [0.29, 0.717) is 23.1 Å². The van der Waals surface area contributed by atoms with Gasteiger partial charge in [0.25, 0.3) is 11.7 Å². The van der Waals surface area contributed by atoms with Gasteiger partial charge in [0.2, 0.25) is 0 Å².